The summed E-state index contributed by atoms with van der Waals surface area (Å²) < 4.78 is 5.44. The molecule has 3 fully saturated rings. The second-order valence-corrected chi connectivity index (χ2v) is 6.88. The van der Waals surface area contributed by atoms with Crippen LogP contribution in [0.3, 0.4) is 0 Å². The van der Waals surface area contributed by atoms with E-state index in [1.165, 1.54) is 32.1 Å². The molecule has 0 aromatic heterocycles. The molecular weight excluding hydrogens is 252 g/mol. The van der Waals surface area contributed by atoms with Crippen LogP contribution < -0.4 is 5.32 Å². The molecule has 4 nitrogen and oxygen atoms in total. The Morgan fingerprint density at radius 2 is 1.95 bits per heavy atom. The van der Waals surface area contributed by atoms with Crippen LogP contribution in [0.15, 0.2) is 0 Å². The van der Waals surface area contributed by atoms with E-state index in [1.54, 1.807) is 0 Å². The Bertz CT molecular complexity index is 361. The number of hydrogen-bond donors (Lipinski definition) is 1. The van der Waals surface area contributed by atoms with Gasteiger partial charge >= 0.3 is 5.97 Å². The van der Waals surface area contributed by atoms with Gasteiger partial charge in [-0.25, -0.2) is 4.79 Å². The molecule has 0 heterocycles. The molecule has 20 heavy (non-hydrogen) atoms. The summed E-state index contributed by atoms with van der Waals surface area (Å²) in [6.45, 7) is 3.20. The summed E-state index contributed by atoms with van der Waals surface area (Å²) in [6.07, 6.45) is 8.64. The van der Waals surface area contributed by atoms with Gasteiger partial charge in [0.15, 0.2) is 0 Å². The number of ether oxygens (including phenoxy) is 1. The molecule has 3 saturated carbocycles. The Labute approximate surface area is 122 Å². The summed E-state index contributed by atoms with van der Waals surface area (Å²) in [7, 11) is 2.18. The van der Waals surface area contributed by atoms with Gasteiger partial charge in [-0.1, -0.05) is 6.42 Å². The van der Waals surface area contributed by atoms with Gasteiger partial charge in [-0.3, -0.25) is 5.32 Å². The van der Waals surface area contributed by atoms with Gasteiger partial charge in [0.25, 0.3) is 0 Å². The second kappa shape index (κ2) is 5.64. The van der Waals surface area contributed by atoms with Crippen molar-refractivity contribution in [3.63, 3.8) is 0 Å². The van der Waals surface area contributed by atoms with Gasteiger partial charge in [0.1, 0.15) is 5.54 Å². The number of carbonyl (C=O) groups excluding carboxylic acids is 1. The van der Waals surface area contributed by atoms with E-state index in [9.17, 15) is 4.79 Å². The summed E-state index contributed by atoms with van der Waals surface area (Å²) in [4.78, 5) is 15.1. The third-order valence-electron chi connectivity index (χ3n) is 5.15. The minimum absolute atomic E-state index is 0.0134. The zero-order valence-corrected chi connectivity index (χ0v) is 12.9. The fourth-order valence-corrected chi connectivity index (χ4v) is 3.36. The summed E-state index contributed by atoms with van der Waals surface area (Å²) in [6, 6.07) is 1.21. The smallest absolute Gasteiger partial charge is 0.327 e. The van der Waals surface area contributed by atoms with Gasteiger partial charge in [0.2, 0.25) is 0 Å². The molecule has 1 atom stereocenters. The normalized spacial score (nSPS) is 26.1. The number of likely N-dealkylation sites (N-methyl/N-ethyl adjacent to an activating group) is 1. The maximum atomic E-state index is 12.7. The maximum Gasteiger partial charge on any atom is 0.327 e. The molecule has 1 N–H and O–H groups in total. The molecule has 0 radical (unpaired) electrons. The van der Waals surface area contributed by atoms with E-state index in [2.05, 4.69) is 17.3 Å². The second-order valence-electron chi connectivity index (χ2n) is 6.88. The van der Waals surface area contributed by atoms with Crippen molar-refractivity contribution in [1.29, 1.82) is 0 Å². The molecule has 3 aliphatic rings. The number of nitrogens with one attached hydrogen (secondary N) is 1. The van der Waals surface area contributed by atoms with Crippen LogP contribution >= 0.6 is 0 Å². The summed E-state index contributed by atoms with van der Waals surface area (Å²) in [5.41, 5.74) is -0.443. The lowest BCUT2D eigenvalue weighted by molar-refractivity contribution is -0.154. The number of esters is 1. The largest absolute Gasteiger partial charge is 0.465 e. The van der Waals surface area contributed by atoms with Gasteiger partial charge in [0, 0.05) is 18.6 Å². The Morgan fingerprint density at radius 1 is 1.25 bits per heavy atom. The van der Waals surface area contributed by atoms with E-state index in [0.29, 0.717) is 24.6 Å². The van der Waals surface area contributed by atoms with Gasteiger partial charge in [-0.05, 0) is 58.4 Å². The van der Waals surface area contributed by atoms with Crippen molar-refractivity contribution in [1.82, 2.24) is 10.2 Å². The van der Waals surface area contributed by atoms with E-state index in [0.717, 1.165) is 19.4 Å². The molecule has 0 saturated heterocycles. The zero-order valence-electron chi connectivity index (χ0n) is 12.9. The van der Waals surface area contributed by atoms with Gasteiger partial charge < -0.3 is 9.64 Å². The Hall–Kier alpha value is -0.610. The molecule has 114 valence electrons. The number of carbonyl (C=O) groups is 1. The molecule has 0 aromatic rings. The fourth-order valence-electron chi connectivity index (χ4n) is 3.36. The summed E-state index contributed by atoms with van der Waals surface area (Å²) in [5.74, 6) is 0.463. The van der Waals surface area contributed by atoms with Gasteiger partial charge in [-0.2, -0.15) is 0 Å². The monoisotopic (exact) mass is 280 g/mol. The molecule has 1 unspecified atom stereocenters. The molecule has 0 bridgehead atoms. The van der Waals surface area contributed by atoms with Crippen molar-refractivity contribution in [3.8, 4) is 0 Å². The van der Waals surface area contributed by atoms with Crippen molar-refractivity contribution in [2.45, 2.75) is 69.5 Å². The first-order chi connectivity index (χ1) is 9.65. The van der Waals surface area contributed by atoms with Crippen molar-refractivity contribution in [2.24, 2.45) is 5.92 Å². The molecule has 3 aliphatic carbocycles. The lowest BCUT2D eigenvalue weighted by Gasteiger charge is -2.42. The third kappa shape index (κ3) is 2.86. The average Bonchev–Trinajstić information content (AvgIpc) is 3.20. The van der Waals surface area contributed by atoms with Crippen molar-refractivity contribution >= 4 is 5.97 Å². The third-order valence-corrected chi connectivity index (χ3v) is 5.15. The SMILES string of the molecule is CCOC(=O)C(CN(C)C1CCC1)(NC1CC1)C1CC1. The molecule has 3 rings (SSSR count). The Balaban J connectivity index is 1.73. The standard InChI is InChI=1S/C16H28N2O2/c1-3-20-15(19)16(12-7-8-12,17-13-9-10-13)11-18(2)14-5-4-6-14/h12-14,17H,3-11H2,1-2H3. The van der Waals surface area contributed by atoms with Crippen LogP contribution in [-0.2, 0) is 9.53 Å². The highest BCUT2D eigenvalue weighted by Gasteiger charge is 2.54. The lowest BCUT2D eigenvalue weighted by Crippen LogP contribution is -2.63. The minimum atomic E-state index is -0.443. The molecule has 0 aromatic carbocycles. The fraction of sp³-hybridized carbons (Fsp3) is 0.938. The summed E-state index contributed by atoms with van der Waals surface area (Å²) in [5, 5.41) is 3.67. The summed E-state index contributed by atoms with van der Waals surface area (Å²) >= 11 is 0. The topological polar surface area (TPSA) is 41.6 Å². The van der Waals surface area contributed by atoms with Crippen LogP contribution in [0.1, 0.15) is 51.9 Å². The van der Waals surface area contributed by atoms with Crippen LogP contribution in [0.25, 0.3) is 0 Å². The van der Waals surface area contributed by atoms with Crippen molar-refractivity contribution in [2.75, 3.05) is 20.2 Å². The highest BCUT2D eigenvalue weighted by atomic mass is 16.5. The van der Waals surface area contributed by atoms with Crippen LogP contribution in [0.4, 0.5) is 0 Å². The molecule has 0 aliphatic heterocycles. The molecular formula is C16H28N2O2. The van der Waals surface area contributed by atoms with E-state index < -0.39 is 5.54 Å². The molecule has 0 amide bonds. The lowest BCUT2D eigenvalue weighted by atomic mass is 9.87. The molecule has 0 spiro atoms. The predicted molar refractivity (Wildman–Crippen MR) is 78.5 cm³/mol. The Kier molecular flexibility index (Phi) is 4.04. The van der Waals surface area contributed by atoms with Gasteiger partial charge in [-0.15, -0.1) is 0 Å². The van der Waals surface area contributed by atoms with E-state index in [-0.39, 0.29) is 5.97 Å². The zero-order chi connectivity index (χ0) is 14.2. The first kappa shape index (κ1) is 14.3. The maximum absolute atomic E-state index is 12.7. The first-order valence-electron chi connectivity index (χ1n) is 8.31. The van der Waals surface area contributed by atoms with Gasteiger partial charge in [0.05, 0.1) is 6.61 Å². The quantitative estimate of drug-likeness (QED) is 0.690. The predicted octanol–water partition coefficient (Wildman–Crippen LogP) is 1.93. The number of rotatable bonds is 8. The highest BCUT2D eigenvalue weighted by molar-refractivity contribution is 5.82. The number of nitrogens with zero attached hydrogens (tertiary/aromatic N) is 1. The van der Waals surface area contributed by atoms with Crippen LogP contribution in [0, 0.1) is 5.92 Å². The first-order valence-corrected chi connectivity index (χ1v) is 8.31. The van der Waals surface area contributed by atoms with E-state index in [1.807, 2.05) is 6.92 Å². The molecule has 4 heteroatoms. The van der Waals surface area contributed by atoms with Crippen molar-refractivity contribution < 1.29 is 9.53 Å². The van der Waals surface area contributed by atoms with E-state index >= 15 is 0 Å². The average molecular weight is 280 g/mol. The minimum Gasteiger partial charge on any atom is -0.465 e. The van der Waals surface area contributed by atoms with E-state index in [4.69, 9.17) is 4.74 Å². The van der Waals surface area contributed by atoms with Crippen LogP contribution in [-0.4, -0.2) is 48.7 Å². The Morgan fingerprint density at radius 3 is 2.40 bits per heavy atom. The van der Waals surface area contributed by atoms with Crippen LogP contribution in [0.2, 0.25) is 0 Å². The van der Waals surface area contributed by atoms with Crippen molar-refractivity contribution in [3.05, 3.63) is 0 Å². The highest BCUT2D eigenvalue weighted by Crippen LogP contribution is 2.43. The number of hydrogen-bond acceptors (Lipinski definition) is 4. The van der Waals surface area contributed by atoms with Crippen LogP contribution in [0.5, 0.6) is 0 Å².